The van der Waals surface area contributed by atoms with Gasteiger partial charge >= 0.3 is 0 Å². The molecule has 0 fully saturated rings. The monoisotopic (exact) mass is 491 g/mol. The first-order valence-electron chi connectivity index (χ1n) is 11.5. The van der Waals surface area contributed by atoms with Crippen molar-refractivity contribution in [1.29, 1.82) is 0 Å². The molecule has 0 unspecified atom stereocenters. The normalized spacial score (nSPS) is 12.1. The number of sulfonamides is 1. The fraction of sp³-hybridized carbons (Fsp3) is 0.440. The SMILES string of the molecule is CCNC(=O)[C@H](CC)N(CCc1ccccc1)C(=O)CCCN(c1ccc(F)cc1)S(C)(=O)=O. The Morgan fingerprint density at radius 3 is 2.21 bits per heavy atom. The first-order valence-corrected chi connectivity index (χ1v) is 13.4. The van der Waals surface area contributed by atoms with Gasteiger partial charge in [0.25, 0.3) is 0 Å². The number of benzene rings is 2. The van der Waals surface area contributed by atoms with Crippen molar-refractivity contribution >= 4 is 27.5 Å². The number of rotatable bonds is 13. The van der Waals surface area contributed by atoms with E-state index in [4.69, 9.17) is 0 Å². The highest BCUT2D eigenvalue weighted by molar-refractivity contribution is 7.92. The van der Waals surface area contributed by atoms with E-state index in [0.717, 1.165) is 16.1 Å². The third-order valence-corrected chi connectivity index (χ3v) is 6.68. The van der Waals surface area contributed by atoms with E-state index in [0.29, 0.717) is 31.6 Å². The number of hydrogen-bond donors (Lipinski definition) is 1. The highest BCUT2D eigenvalue weighted by Crippen LogP contribution is 2.19. The predicted octanol–water partition coefficient (Wildman–Crippen LogP) is 3.36. The summed E-state index contributed by atoms with van der Waals surface area (Å²) >= 11 is 0. The molecule has 2 rings (SSSR count). The minimum atomic E-state index is -3.62. The first kappa shape index (κ1) is 27.3. The van der Waals surface area contributed by atoms with Crippen molar-refractivity contribution in [3.8, 4) is 0 Å². The minimum absolute atomic E-state index is 0.0701. The third-order valence-electron chi connectivity index (χ3n) is 5.49. The lowest BCUT2D eigenvalue weighted by Gasteiger charge is -2.31. The first-order chi connectivity index (χ1) is 16.2. The van der Waals surface area contributed by atoms with Gasteiger partial charge in [-0.15, -0.1) is 0 Å². The Hall–Kier alpha value is -2.94. The average Bonchev–Trinajstić information content (AvgIpc) is 2.80. The molecule has 0 aliphatic rings. The lowest BCUT2D eigenvalue weighted by Crippen LogP contribution is -2.50. The molecule has 2 aromatic rings. The van der Waals surface area contributed by atoms with Crippen LogP contribution >= 0.6 is 0 Å². The van der Waals surface area contributed by atoms with E-state index in [1.807, 2.05) is 44.2 Å². The van der Waals surface area contributed by atoms with Gasteiger partial charge in [0, 0.05) is 26.1 Å². The Bertz CT molecular complexity index is 1030. The number of likely N-dealkylation sites (N-methyl/N-ethyl adjacent to an activating group) is 1. The molecule has 0 aliphatic heterocycles. The number of carbonyl (C=O) groups excluding carboxylic acids is 2. The molecule has 1 N–H and O–H groups in total. The predicted molar refractivity (Wildman–Crippen MR) is 132 cm³/mol. The van der Waals surface area contributed by atoms with E-state index < -0.39 is 21.9 Å². The van der Waals surface area contributed by atoms with E-state index in [1.54, 1.807) is 4.90 Å². The van der Waals surface area contributed by atoms with Crippen molar-refractivity contribution in [2.24, 2.45) is 0 Å². The van der Waals surface area contributed by atoms with Gasteiger partial charge in [0.15, 0.2) is 0 Å². The van der Waals surface area contributed by atoms with Gasteiger partial charge in [0.05, 0.1) is 11.9 Å². The largest absolute Gasteiger partial charge is 0.355 e. The van der Waals surface area contributed by atoms with Gasteiger partial charge in [-0.1, -0.05) is 37.3 Å². The molecule has 2 aromatic carbocycles. The van der Waals surface area contributed by atoms with E-state index in [2.05, 4.69) is 5.32 Å². The molecule has 0 bridgehead atoms. The lowest BCUT2D eigenvalue weighted by atomic mass is 10.1. The summed E-state index contributed by atoms with van der Waals surface area (Å²) in [5.41, 5.74) is 1.40. The van der Waals surface area contributed by atoms with E-state index in [9.17, 15) is 22.4 Å². The van der Waals surface area contributed by atoms with Crippen LogP contribution in [0.5, 0.6) is 0 Å². The van der Waals surface area contributed by atoms with Crippen LogP contribution in [0.3, 0.4) is 0 Å². The molecule has 0 aromatic heterocycles. The summed E-state index contributed by atoms with van der Waals surface area (Å²) in [5, 5.41) is 2.80. The maximum atomic E-state index is 13.3. The van der Waals surface area contributed by atoms with Crippen molar-refractivity contribution in [2.75, 3.05) is 30.2 Å². The molecule has 1 atom stereocenters. The molecule has 0 spiro atoms. The molecule has 2 amide bonds. The second-order valence-electron chi connectivity index (χ2n) is 8.06. The van der Waals surface area contributed by atoms with Gasteiger partial charge in [0.1, 0.15) is 11.9 Å². The number of carbonyl (C=O) groups is 2. The summed E-state index contributed by atoms with van der Waals surface area (Å²) in [4.78, 5) is 27.4. The van der Waals surface area contributed by atoms with Gasteiger partial charge in [-0.25, -0.2) is 12.8 Å². The van der Waals surface area contributed by atoms with E-state index in [-0.39, 0.29) is 31.2 Å². The Morgan fingerprint density at radius 2 is 1.65 bits per heavy atom. The Balaban J connectivity index is 2.12. The number of anilines is 1. The molecule has 0 aliphatic carbocycles. The van der Waals surface area contributed by atoms with Crippen LogP contribution < -0.4 is 9.62 Å². The summed E-state index contributed by atoms with van der Waals surface area (Å²) in [7, 11) is -3.62. The fourth-order valence-corrected chi connectivity index (χ4v) is 4.76. The van der Waals surface area contributed by atoms with Crippen LogP contribution in [0.25, 0.3) is 0 Å². The number of halogens is 1. The molecule has 9 heteroatoms. The van der Waals surface area contributed by atoms with Crippen LogP contribution in [0.1, 0.15) is 38.7 Å². The minimum Gasteiger partial charge on any atom is -0.355 e. The average molecular weight is 492 g/mol. The summed E-state index contributed by atoms with van der Waals surface area (Å²) in [6.07, 6.45) is 2.49. The van der Waals surface area contributed by atoms with Crippen LogP contribution in [-0.2, 0) is 26.0 Å². The zero-order valence-electron chi connectivity index (χ0n) is 20.0. The van der Waals surface area contributed by atoms with Crippen molar-refractivity contribution in [1.82, 2.24) is 10.2 Å². The molecular weight excluding hydrogens is 457 g/mol. The van der Waals surface area contributed by atoms with Crippen LogP contribution in [0.4, 0.5) is 10.1 Å². The second kappa shape index (κ2) is 13.1. The van der Waals surface area contributed by atoms with E-state index >= 15 is 0 Å². The molecule has 0 heterocycles. The Labute approximate surface area is 202 Å². The second-order valence-corrected chi connectivity index (χ2v) is 9.96. The lowest BCUT2D eigenvalue weighted by molar-refractivity contribution is -0.140. The maximum Gasteiger partial charge on any atom is 0.242 e. The molecule has 7 nitrogen and oxygen atoms in total. The molecular formula is C25H34FN3O4S. The van der Waals surface area contributed by atoms with Crippen LogP contribution in [0.2, 0.25) is 0 Å². The smallest absolute Gasteiger partial charge is 0.242 e. The topological polar surface area (TPSA) is 86.8 Å². The van der Waals surface area contributed by atoms with Gasteiger partial charge in [0.2, 0.25) is 21.8 Å². The van der Waals surface area contributed by atoms with Crippen molar-refractivity contribution in [3.05, 3.63) is 66.0 Å². The highest BCUT2D eigenvalue weighted by atomic mass is 32.2. The van der Waals surface area contributed by atoms with Crippen molar-refractivity contribution in [2.45, 2.75) is 45.6 Å². The van der Waals surface area contributed by atoms with E-state index in [1.165, 1.54) is 24.3 Å². The zero-order valence-corrected chi connectivity index (χ0v) is 20.9. The summed E-state index contributed by atoms with van der Waals surface area (Å²) in [6, 6.07) is 14.3. The number of amides is 2. The van der Waals surface area contributed by atoms with Gasteiger partial charge in [-0.2, -0.15) is 0 Å². The van der Waals surface area contributed by atoms with Crippen LogP contribution in [-0.4, -0.2) is 57.1 Å². The van der Waals surface area contributed by atoms with Crippen LogP contribution in [0.15, 0.2) is 54.6 Å². The quantitative estimate of drug-likeness (QED) is 0.466. The Kier molecular flexibility index (Phi) is 10.5. The summed E-state index contributed by atoms with van der Waals surface area (Å²) in [5.74, 6) is -0.866. The summed E-state index contributed by atoms with van der Waals surface area (Å²) < 4.78 is 39.0. The molecule has 34 heavy (non-hydrogen) atoms. The maximum absolute atomic E-state index is 13.3. The standard InChI is InChI=1S/C25H34FN3O4S/c1-4-23(25(31)27-5-2)28(19-17-20-10-7-6-8-11-20)24(30)12-9-18-29(34(3,32)33)22-15-13-21(26)14-16-22/h6-8,10-11,13-16,23H,4-5,9,12,17-19H2,1-3H3,(H,27,31)/t23-/m0/s1. The molecule has 186 valence electrons. The molecule has 0 radical (unpaired) electrons. The third kappa shape index (κ3) is 8.13. The highest BCUT2D eigenvalue weighted by Gasteiger charge is 2.28. The van der Waals surface area contributed by atoms with Gasteiger partial charge < -0.3 is 10.2 Å². The fourth-order valence-electron chi connectivity index (χ4n) is 3.80. The Morgan fingerprint density at radius 1 is 1.00 bits per heavy atom. The van der Waals surface area contributed by atoms with Crippen LogP contribution in [0, 0.1) is 5.82 Å². The number of nitrogens with one attached hydrogen (secondary N) is 1. The van der Waals surface area contributed by atoms with Gasteiger partial charge in [-0.3, -0.25) is 13.9 Å². The summed E-state index contributed by atoms with van der Waals surface area (Å²) in [6.45, 7) is 4.61. The van der Waals surface area contributed by atoms with Crippen molar-refractivity contribution < 1.29 is 22.4 Å². The number of nitrogens with zero attached hydrogens (tertiary/aromatic N) is 2. The number of hydrogen-bond acceptors (Lipinski definition) is 4. The molecule has 0 saturated carbocycles. The zero-order chi connectivity index (χ0) is 25.1. The molecule has 0 saturated heterocycles. The van der Waals surface area contributed by atoms with Crippen molar-refractivity contribution in [3.63, 3.8) is 0 Å². The van der Waals surface area contributed by atoms with Gasteiger partial charge in [-0.05, 0) is 56.0 Å².